The average molecular weight is 428 g/mol. The van der Waals surface area contributed by atoms with Crippen molar-refractivity contribution in [3.63, 3.8) is 0 Å². The van der Waals surface area contributed by atoms with Gasteiger partial charge >= 0.3 is 0 Å². The zero-order valence-corrected chi connectivity index (χ0v) is 17.6. The van der Waals surface area contributed by atoms with E-state index in [1.807, 2.05) is 18.2 Å². The molecule has 3 aromatic rings. The van der Waals surface area contributed by atoms with Gasteiger partial charge in [-0.1, -0.05) is 29.5 Å². The number of aromatic nitrogens is 3. The van der Waals surface area contributed by atoms with Crippen LogP contribution in [0.4, 0.5) is 5.69 Å². The van der Waals surface area contributed by atoms with Crippen molar-refractivity contribution >= 4 is 41.5 Å². The fourth-order valence-electron chi connectivity index (χ4n) is 2.84. The second-order valence-corrected chi connectivity index (χ2v) is 6.33. The monoisotopic (exact) mass is 427 g/mol. The van der Waals surface area contributed by atoms with Gasteiger partial charge in [0.2, 0.25) is 0 Å². The highest BCUT2D eigenvalue weighted by molar-refractivity contribution is 5.85. The average Bonchev–Trinajstić information content (AvgIpc) is 3.11. The Bertz CT molecular complexity index is 839. The van der Waals surface area contributed by atoms with Crippen LogP contribution < -0.4 is 15.4 Å². The van der Waals surface area contributed by atoms with Crippen LogP contribution in [-0.2, 0) is 0 Å². The largest absolute Gasteiger partial charge is 0.488 e. The van der Waals surface area contributed by atoms with E-state index in [0.717, 1.165) is 18.6 Å². The Morgan fingerprint density at radius 2 is 1.79 bits per heavy atom. The fraction of sp³-hybridized carbons (Fsp3) is 0.368. The van der Waals surface area contributed by atoms with Crippen LogP contribution in [0.3, 0.4) is 0 Å². The summed E-state index contributed by atoms with van der Waals surface area (Å²) in [5.41, 5.74) is 5.14. The Morgan fingerprint density at radius 3 is 2.54 bits per heavy atom. The number of rotatable bonds is 9. The predicted molar refractivity (Wildman–Crippen MR) is 117 cm³/mol. The first-order valence-corrected chi connectivity index (χ1v) is 8.76. The van der Waals surface area contributed by atoms with E-state index in [1.54, 1.807) is 0 Å². The van der Waals surface area contributed by atoms with E-state index in [-0.39, 0.29) is 31.4 Å². The van der Waals surface area contributed by atoms with Gasteiger partial charge < -0.3 is 20.5 Å². The summed E-state index contributed by atoms with van der Waals surface area (Å²) in [5.74, 6) is 0.618. The molecule has 1 unspecified atom stereocenters. The van der Waals surface area contributed by atoms with Crippen molar-refractivity contribution in [3.8, 4) is 5.75 Å². The topological polar surface area (TPSA) is 95.1 Å². The van der Waals surface area contributed by atoms with Gasteiger partial charge in [0.25, 0.3) is 0 Å². The summed E-state index contributed by atoms with van der Waals surface area (Å²) in [6.45, 7) is 6.40. The molecule has 1 heterocycles. The summed E-state index contributed by atoms with van der Waals surface area (Å²) < 4.78 is 5.67. The number of ether oxygens (including phenoxy) is 1. The lowest BCUT2D eigenvalue weighted by Gasteiger charge is -2.15. The second-order valence-electron chi connectivity index (χ2n) is 6.33. The van der Waals surface area contributed by atoms with Crippen LogP contribution in [0.1, 0.15) is 11.1 Å². The normalized spacial score (nSPS) is 11.4. The van der Waals surface area contributed by atoms with E-state index in [2.05, 4.69) is 58.1 Å². The minimum atomic E-state index is -0.600. The highest BCUT2D eigenvalue weighted by atomic mass is 35.5. The molecule has 0 radical (unpaired) electrons. The molecule has 0 fully saturated rings. The van der Waals surface area contributed by atoms with Gasteiger partial charge in [-0.3, -0.25) is 5.10 Å². The van der Waals surface area contributed by atoms with E-state index in [1.165, 1.54) is 16.8 Å². The van der Waals surface area contributed by atoms with Gasteiger partial charge in [-0.05, 0) is 37.1 Å². The third kappa shape index (κ3) is 6.24. The second kappa shape index (κ2) is 11.7. The number of benzene rings is 2. The van der Waals surface area contributed by atoms with Gasteiger partial charge in [0.05, 0.1) is 5.52 Å². The van der Waals surface area contributed by atoms with Crippen LogP contribution in [0.2, 0.25) is 0 Å². The Hall–Kier alpha value is -2.06. The lowest BCUT2D eigenvalue weighted by Crippen LogP contribution is -2.34. The molecule has 0 bridgehead atoms. The number of halogens is 2. The molecule has 154 valence electrons. The number of nitrogens with zero attached hydrogens (tertiary/aromatic N) is 2. The number of anilines is 1. The molecule has 7 nitrogen and oxygen atoms in total. The van der Waals surface area contributed by atoms with Crippen LogP contribution in [0.5, 0.6) is 5.75 Å². The molecule has 0 saturated heterocycles. The Kier molecular flexibility index (Phi) is 10.0. The number of fused-ring (bicyclic) bond motifs is 1. The van der Waals surface area contributed by atoms with Crippen molar-refractivity contribution < 1.29 is 9.84 Å². The maximum Gasteiger partial charge on any atom is 0.154 e. The first-order chi connectivity index (χ1) is 12.6. The fourth-order valence-corrected chi connectivity index (χ4v) is 2.84. The van der Waals surface area contributed by atoms with E-state index in [4.69, 9.17) is 4.74 Å². The summed E-state index contributed by atoms with van der Waals surface area (Å²) >= 11 is 0. The maximum absolute atomic E-state index is 10.1. The molecule has 0 amide bonds. The Balaban J connectivity index is 0.00000196. The van der Waals surface area contributed by atoms with E-state index in [0.29, 0.717) is 17.8 Å². The van der Waals surface area contributed by atoms with Crippen molar-refractivity contribution in [2.24, 2.45) is 0 Å². The molecule has 3 rings (SSSR count). The number of aliphatic hydroxyl groups excluding tert-OH is 1. The van der Waals surface area contributed by atoms with Gasteiger partial charge in [0, 0.05) is 25.3 Å². The summed E-state index contributed by atoms with van der Waals surface area (Å²) in [6, 6.07) is 11.8. The molecule has 1 atom stereocenters. The van der Waals surface area contributed by atoms with Gasteiger partial charge in [-0.2, -0.15) is 0 Å². The van der Waals surface area contributed by atoms with Crippen molar-refractivity contribution in [2.45, 2.75) is 20.0 Å². The van der Waals surface area contributed by atoms with Crippen LogP contribution in [0, 0.1) is 13.8 Å². The number of hydrogen-bond donors (Lipinski definition) is 4. The van der Waals surface area contributed by atoms with Crippen molar-refractivity contribution in [1.82, 2.24) is 20.7 Å². The molecule has 0 aliphatic carbocycles. The molecule has 0 aliphatic rings. The van der Waals surface area contributed by atoms with E-state index >= 15 is 0 Å². The molecule has 1 aromatic heterocycles. The summed E-state index contributed by atoms with van der Waals surface area (Å²) in [6.07, 6.45) is -0.600. The van der Waals surface area contributed by atoms with Gasteiger partial charge in [-0.15, -0.1) is 29.9 Å². The van der Waals surface area contributed by atoms with Crippen LogP contribution in [0.25, 0.3) is 11.0 Å². The SMILES string of the molecule is Cc1cccc(C)c1NCCNCC(O)COc1cccc2[nH]nnc12.Cl.Cl. The molecule has 0 spiro atoms. The molecular formula is C19H27Cl2N5O2. The Morgan fingerprint density at radius 1 is 1.07 bits per heavy atom. The maximum atomic E-state index is 10.1. The molecule has 4 N–H and O–H groups in total. The minimum Gasteiger partial charge on any atom is -0.488 e. The number of H-pyrrole nitrogens is 1. The van der Waals surface area contributed by atoms with Crippen molar-refractivity contribution in [2.75, 3.05) is 31.6 Å². The highest BCUT2D eigenvalue weighted by Crippen LogP contribution is 2.21. The van der Waals surface area contributed by atoms with Crippen LogP contribution in [-0.4, -0.2) is 52.9 Å². The Labute approximate surface area is 177 Å². The van der Waals surface area contributed by atoms with Crippen molar-refractivity contribution in [1.29, 1.82) is 0 Å². The first kappa shape index (κ1) is 24.0. The lowest BCUT2D eigenvalue weighted by atomic mass is 10.1. The quantitative estimate of drug-likeness (QED) is 0.392. The number of hydrogen-bond acceptors (Lipinski definition) is 6. The molecule has 2 aromatic carbocycles. The predicted octanol–water partition coefficient (Wildman–Crippen LogP) is 2.86. The zero-order valence-electron chi connectivity index (χ0n) is 15.9. The van der Waals surface area contributed by atoms with Gasteiger partial charge in [0.15, 0.2) is 5.52 Å². The number of aromatic amines is 1. The zero-order chi connectivity index (χ0) is 18.4. The number of nitrogens with one attached hydrogen (secondary N) is 3. The van der Waals surface area contributed by atoms with Crippen LogP contribution >= 0.6 is 24.8 Å². The third-order valence-corrected chi connectivity index (χ3v) is 4.22. The summed E-state index contributed by atoms with van der Waals surface area (Å²) in [7, 11) is 0. The summed E-state index contributed by atoms with van der Waals surface area (Å²) in [5, 5.41) is 27.3. The van der Waals surface area contributed by atoms with Gasteiger partial charge in [0.1, 0.15) is 18.5 Å². The van der Waals surface area contributed by atoms with E-state index < -0.39 is 6.10 Å². The minimum absolute atomic E-state index is 0. The van der Waals surface area contributed by atoms with Gasteiger partial charge in [-0.25, -0.2) is 0 Å². The molecular weight excluding hydrogens is 401 g/mol. The number of aryl methyl sites for hydroxylation is 2. The van der Waals surface area contributed by atoms with E-state index in [9.17, 15) is 5.11 Å². The lowest BCUT2D eigenvalue weighted by molar-refractivity contribution is 0.107. The standard InChI is InChI=1S/C19H25N5O2.2ClH/c1-13-5-3-6-14(2)18(13)21-10-9-20-11-15(25)12-26-17-8-4-7-16-19(17)23-24-22-16;;/h3-8,15,20-21,25H,9-12H2,1-2H3,(H,22,23,24);2*1H. The highest BCUT2D eigenvalue weighted by Gasteiger charge is 2.09. The molecule has 28 heavy (non-hydrogen) atoms. The summed E-state index contributed by atoms with van der Waals surface area (Å²) in [4.78, 5) is 0. The van der Waals surface area contributed by atoms with Crippen LogP contribution in [0.15, 0.2) is 36.4 Å². The third-order valence-electron chi connectivity index (χ3n) is 4.22. The smallest absolute Gasteiger partial charge is 0.154 e. The number of aliphatic hydroxyl groups is 1. The van der Waals surface area contributed by atoms with Crippen molar-refractivity contribution in [3.05, 3.63) is 47.5 Å². The first-order valence-electron chi connectivity index (χ1n) is 8.76. The number of para-hydroxylation sites is 1. The molecule has 9 heteroatoms. The molecule has 0 aliphatic heterocycles. The molecule has 0 saturated carbocycles.